The summed E-state index contributed by atoms with van der Waals surface area (Å²) < 4.78 is 56.0. The van der Waals surface area contributed by atoms with Crippen molar-refractivity contribution in [1.29, 1.82) is 0 Å². The summed E-state index contributed by atoms with van der Waals surface area (Å²) in [6.45, 7) is 0. The first-order chi connectivity index (χ1) is 43.8. The molecule has 0 bridgehead atoms. The second-order valence-electron chi connectivity index (χ2n) is 21.3. The molecule has 0 aliphatic carbocycles. The monoisotopic (exact) mass is 1070 g/mol. The first kappa shape index (κ1) is 43.7. The van der Waals surface area contributed by atoms with E-state index in [-0.39, 0.29) is 29.7 Å². The zero-order valence-electron chi connectivity index (χ0n) is 50.5. The molecule has 0 atom stereocenters. The molecule has 0 saturated carbocycles. The molecule has 2 heterocycles. The highest BCUT2D eigenvalue weighted by Crippen LogP contribution is 2.50. The van der Waals surface area contributed by atoms with Gasteiger partial charge in [0.2, 0.25) is 0 Å². The molecule has 17 rings (SSSR count). The second kappa shape index (κ2) is 20.5. The average Bonchev–Trinajstić information content (AvgIpc) is 1.70. The third kappa shape index (κ3) is 8.03. The van der Waals surface area contributed by atoms with Crippen LogP contribution in [0.1, 0.15) is 6.85 Å². The van der Waals surface area contributed by atoms with E-state index in [1.54, 1.807) is 0 Å². The van der Waals surface area contributed by atoms with Crippen molar-refractivity contribution in [3.05, 3.63) is 315 Å². The van der Waals surface area contributed by atoms with Gasteiger partial charge >= 0.3 is 0 Å². The summed E-state index contributed by atoms with van der Waals surface area (Å²) in [4.78, 5) is 0. The van der Waals surface area contributed by atoms with E-state index >= 15 is 0 Å². The molecule has 392 valence electrons. The van der Waals surface area contributed by atoms with Crippen molar-refractivity contribution < 1.29 is 15.7 Å². The smallest absolute Gasteiger partial charge is 0.143 e. The fourth-order valence-corrected chi connectivity index (χ4v) is 13.2. The Morgan fingerprint density at radius 1 is 0.202 bits per heavy atom. The number of rotatable bonds is 7. The quantitative estimate of drug-likeness (QED) is 0.149. The van der Waals surface area contributed by atoms with E-state index in [1.165, 1.54) is 54.9 Å². The van der Waals surface area contributed by atoms with Crippen molar-refractivity contribution in [3.8, 4) is 77.9 Å². The van der Waals surface area contributed by atoms with Gasteiger partial charge < -0.3 is 8.83 Å². The lowest BCUT2D eigenvalue weighted by atomic mass is 9.85. The van der Waals surface area contributed by atoms with Crippen LogP contribution in [0.3, 0.4) is 0 Å². The zero-order chi connectivity index (χ0) is 59.9. The van der Waals surface area contributed by atoms with Gasteiger partial charge in [0.05, 0.1) is 6.85 Å². The molecule has 0 radical (unpaired) electrons. The van der Waals surface area contributed by atoms with Gasteiger partial charge in [0, 0.05) is 32.7 Å². The fourth-order valence-electron chi connectivity index (χ4n) is 13.2. The van der Waals surface area contributed by atoms with Gasteiger partial charge in [0.15, 0.2) is 0 Å². The minimum Gasteiger partial charge on any atom is -0.455 e. The van der Waals surface area contributed by atoms with E-state index in [0.29, 0.717) is 5.56 Å². The van der Waals surface area contributed by atoms with Crippen molar-refractivity contribution in [1.82, 2.24) is 0 Å². The number of benzene rings is 15. The van der Waals surface area contributed by atoms with Crippen molar-refractivity contribution in [2.24, 2.45) is 0 Å². The molecule has 84 heavy (non-hydrogen) atoms. The van der Waals surface area contributed by atoms with E-state index in [4.69, 9.17) is 15.7 Å². The fraction of sp³-hybridized carbons (Fsp3) is 0. The van der Waals surface area contributed by atoms with Crippen LogP contribution >= 0.6 is 0 Å². The van der Waals surface area contributed by atoms with Gasteiger partial charge in [0.25, 0.3) is 0 Å². The molecule has 2 heteroatoms. The van der Waals surface area contributed by atoms with Crippen LogP contribution < -0.4 is 0 Å². The molecule has 0 unspecified atom stereocenters. The molecule has 15 aromatic carbocycles. The van der Waals surface area contributed by atoms with E-state index < -0.39 is 6.04 Å². The second-order valence-corrected chi connectivity index (χ2v) is 21.3. The van der Waals surface area contributed by atoms with Crippen LogP contribution in [0.25, 0.3) is 165 Å². The van der Waals surface area contributed by atoms with Crippen LogP contribution in [-0.4, -0.2) is 0 Å². The van der Waals surface area contributed by atoms with Gasteiger partial charge in [-0.05, 0) is 122 Å². The Kier molecular flexibility index (Phi) is 10.7. The molecular weight excluding hydrogens is 1020 g/mol. The Bertz CT molecular complexity index is 5530. The Morgan fingerprint density at radius 3 is 0.976 bits per heavy atom. The first-order valence-electron chi connectivity index (χ1n) is 30.9. The molecule has 0 aliphatic heterocycles. The molecule has 0 N–H and O–H groups in total. The van der Waals surface area contributed by atoms with E-state index in [0.717, 1.165) is 98.8 Å². The summed E-state index contributed by atoms with van der Waals surface area (Å²) in [6.07, 6.45) is 0. The Morgan fingerprint density at radius 2 is 0.512 bits per heavy atom. The highest BCUT2D eigenvalue weighted by molar-refractivity contribution is 6.28. The summed E-state index contributed by atoms with van der Waals surface area (Å²) in [5, 5.41) is 12.7. The number of fused-ring (bicyclic) bond motifs is 10. The van der Waals surface area contributed by atoms with Crippen LogP contribution in [0, 0.1) is 0 Å². The van der Waals surface area contributed by atoms with Crippen LogP contribution in [0.2, 0.25) is 0 Å². The lowest BCUT2D eigenvalue weighted by Crippen LogP contribution is -1.91. The minimum absolute atomic E-state index is 0.203. The zero-order valence-corrected chi connectivity index (χ0v) is 45.5. The third-order valence-corrected chi connectivity index (χ3v) is 16.6. The number of furan rings is 2. The van der Waals surface area contributed by atoms with Crippen molar-refractivity contribution in [2.45, 2.75) is 0 Å². The van der Waals surface area contributed by atoms with Crippen molar-refractivity contribution in [3.63, 3.8) is 0 Å². The Balaban J connectivity index is 0.000000143. The summed E-state index contributed by atoms with van der Waals surface area (Å²) in [6, 6.07) is 97.7. The standard InChI is InChI=1S/C44H28O.C38H24O/c1-3-15-29(16-4-1)31-19-7-8-20-32(31)37-25-13-27-39-43-38(26-14-28-40(43)45-44(37)39)42-35-23-11-9-21-33(35)41(30-17-5-2-6-18-30)34-22-10-12-24-36(34)42;1-3-13-25(14-4-1)27-21-11-23-33-37-32(22-12-24-34(37)39-38(27)33)36-30-19-9-7-17-28(30)35(26-15-5-2-6-16-26)29-18-8-10-20-31(29)36/h1-28H;1-24H/i;2D,5D,6D,15D,16D. The predicted molar refractivity (Wildman–Crippen MR) is 356 cm³/mol. The molecular formula is C82H52O2. The van der Waals surface area contributed by atoms with Gasteiger partial charge in [-0.25, -0.2) is 0 Å². The largest absolute Gasteiger partial charge is 0.455 e. The van der Waals surface area contributed by atoms with E-state index in [9.17, 15) is 0 Å². The molecule has 0 saturated heterocycles. The maximum absolute atomic E-state index is 8.82. The molecule has 0 fully saturated rings. The van der Waals surface area contributed by atoms with Crippen LogP contribution in [0.15, 0.2) is 324 Å². The van der Waals surface area contributed by atoms with Crippen molar-refractivity contribution in [2.75, 3.05) is 0 Å². The first-order valence-corrected chi connectivity index (χ1v) is 28.4. The van der Waals surface area contributed by atoms with E-state index in [2.05, 4.69) is 206 Å². The van der Waals surface area contributed by atoms with Crippen LogP contribution in [0.4, 0.5) is 0 Å². The maximum Gasteiger partial charge on any atom is 0.143 e. The van der Waals surface area contributed by atoms with Gasteiger partial charge in [-0.3, -0.25) is 0 Å². The molecule has 0 amide bonds. The summed E-state index contributed by atoms with van der Waals surface area (Å²) in [7, 11) is 0. The number of hydrogen-bond donors (Lipinski definition) is 0. The molecule has 17 aromatic rings. The van der Waals surface area contributed by atoms with Crippen LogP contribution in [0.5, 0.6) is 0 Å². The summed E-state index contributed by atoms with van der Waals surface area (Å²) in [5.74, 6) is 0. The van der Waals surface area contributed by atoms with E-state index in [1.807, 2.05) is 78.9 Å². The summed E-state index contributed by atoms with van der Waals surface area (Å²) in [5.41, 5.74) is 17.9. The Hall–Kier alpha value is -11.1. The van der Waals surface area contributed by atoms with Gasteiger partial charge in [-0.2, -0.15) is 0 Å². The predicted octanol–water partition coefficient (Wildman–Crippen LogP) is 23.5. The van der Waals surface area contributed by atoms with Gasteiger partial charge in [-0.15, -0.1) is 0 Å². The molecule has 0 spiro atoms. The Labute approximate surface area is 493 Å². The summed E-state index contributed by atoms with van der Waals surface area (Å²) >= 11 is 0. The third-order valence-electron chi connectivity index (χ3n) is 16.6. The highest BCUT2D eigenvalue weighted by Gasteiger charge is 2.24. The topological polar surface area (TPSA) is 26.3 Å². The highest BCUT2D eigenvalue weighted by atomic mass is 16.3. The number of para-hydroxylation sites is 2. The average molecular weight is 1070 g/mol. The maximum atomic E-state index is 8.82. The molecule has 2 nitrogen and oxygen atoms in total. The minimum atomic E-state index is -0.401. The normalized spacial score (nSPS) is 12.4. The molecule has 0 aliphatic rings. The van der Waals surface area contributed by atoms with Crippen molar-refractivity contribution >= 4 is 87.0 Å². The SMILES string of the molecule is [2H]c1c([2H])c([2H])c(-c2c3ccccc3c(-c3cccc4oc5c(-c6ccccc6)cccc5c34)c3ccccc23)c([2H])c1[2H].c1ccc(-c2ccccc2-c2cccc3c2oc2cccc(-c4c5ccccc5c(-c5ccccc5)c5ccccc45)c23)cc1. The lowest BCUT2D eigenvalue weighted by molar-refractivity contribution is 0.669. The molecule has 2 aromatic heterocycles. The van der Waals surface area contributed by atoms with Gasteiger partial charge in [0.1, 0.15) is 22.3 Å². The number of hydrogen-bond acceptors (Lipinski definition) is 2. The lowest BCUT2D eigenvalue weighted by Gasteiger charge is -2.18. The van der Waals surface area contributed by atoms with Crippen LogP contribution in [-0.2, 0) is 0 Å². The van der Waals surface area contributed by atoms with Gasteiger partial charge in [-0.1, -0.05) is 303 Å².